The van der Waals surface area contributed by atoms with Gasteiger partial charge >= 0.3 is 0 Å². The van der Waals surface area contributed by atoms with Crippen molar-refractivity contribution >= 4 is 33.2 Å². The summed E-state index contributed by atoms with van der Waals surface area (Å²) >= 11 is 7.84. The van der Waals surface area contributed by atoms with Gasteiger partial charge in [-0.3, -0.25) is 0 Å². The van der Waals surface area contributed by atoms with Crippen LogP contribution in [0.4, 0.5) is 0 Å². The number of hydrogen-bond acceptors (Lipinski definition) is 3. The van der Waals surface area contributed by atoms with Gasteiger partial charge in [-0.2, -0.15) is 0 Å². The van der Waals surface area contributed by atoms with E-state index in [2.05, 4.69) is 28.3 Å². The summed E-state index contributed by atoms with van der Waals surface area (Å²) in [4.78, 5) is 9.68. The lowest BCUT2D eigenvalue weighted by Crippen LogP contribution is -2.10. The average Bonchev–Trinajstić information content (AvgIpc) is 2.66. The molecule has 0 amide bonds. The van der Waals surface area contributed by atoms with E-state index in [1.165, 1.54) is 0 Å². The largest absolute Gasteiger partial charge is 0.240 e. The minimum atomic E-state index is 0.105. The minimum absolute atomic E-state index is 0.105. The van der Waals surface area contributed by atoms with Crippen molar-refractivity contribution in [3.8, 4) is 0 Å². The molecule has 2 aromatic rings. The van der Waals surface area contributed by atoms with Crippen LogP contribution in [0.3, 0.4) is 0 Å². The molecule has 80 valence electrons. The number of fused-ring (bicyclic) bond motifs is 1. The Morgan fingerprint density at radius 2 is 2.27 bits per heavy atom. The van der Waals surface area contributed by atoms with Crippen LogP contribution in [0.15, 0.2) is 17.8 Å². The third-order valence-electron chi connectivity index (χ3n) is 2.64. The van der Waals surface area contributed by atoms with Crippen molar-refractivity contribution in [2.45, 2.75) is 31.6 Å². The van der Waals surface area contributed by atoms with E-state index < -0.39 is 0 Å². The van der Waals surface area contributed by atoms with Gasteiger partial charge in [0.2, 0.25) is 0 Å². The third kappa shape index (κ3) is 1.99. The predicted molar refractivity (Wildman–Crippen MR) is 65.8 cm³/mol. The van der Waals surface area contributed by atoms with Crippen molar-refractivity contribution in [2.75, 3.05) is 0 Å². The maximum atomic E-state index is 6.19. The number of nitrogens with zero attached hydrogens (tertiary/aromatic N) is 2. The van der Waals surface area contributed by atoms with E-state index in [1.54, 1.807) is 17.7 Å². The molecule has 2 heterocycles. The first-order chi connectivity index (χ1) is 7.24. The van der Waals surface area contributed by atoms with Gasteiger partial charge < -0.3 is 0 Å². The second-order valence-electron chi connectivity index (χ2n) is 3.59. The van der Waals surface area contributed by atoms with Crippen LogP contribution >= 0.6 is 22.9 Å². The van der Waals surface area contributed by atoms with Crippen LogP contribution in [0.2, 0.25) is 0 Å². The highest BCUT2D eigenvalue weighted by atomic mass is 35.5. The summed E-state index contributed by atoms with van der Waals surface area (Å²) < 4.78 is 0. The summed E-state index contributed by atoms with van der Waals surface area (Å²) in [5.74, 6) is 0.312. The Morgan fingerprint density at radius 1 is 1.47 bits per heavy atom. The van der Waals surface area contributed by atoms with Gasteiger partial charge in [-0.25, -0.2) is 9.97 Å². The highest BCUT2D eigenvalue weighted by Gasteiger charge is 2.19. The SMILES string of the molecule is CCC(c1ncnc2sccc12)C(C)Cl. The van der Waals surface area contributed by atoms with E-state index in [-0.39, 0.29) is 5.38 Å². The first kappa shape index (κ1) is 10.8. The van der Waals surface area contributed by atoms with Gasteiger partial charge in [-0.1, -0.05) is 6.92 Å². The molecule has 2 nitrogen and oxygen atoms in total. The van der Waals surface area contributed by atoms with Crippen molar-refractivity contribution in [1.82, 2.24) is 9.97 Å². The van der Waals surface area contributed by atoms with E-state index in [0.29, 0.717) is 5.92 Å². The first-order valence-corrected chi connectivity index (χ1v) is 6.37. The molecule has 0 radical (unpaired) electrons. The Morgan fingerprint density at radius 3 is 2.93 bits per heavy atom. The molecule has 0 bridgehead atoms. The molecule has 0 aliphatic rings. The molecule has 0 aliphatic heterocycles. The second kappa shape index (κ2) is 4.45. The molecular weight excluding hydrogens is 228 g/mol. The van der Waals surface area contributed by atoms with Crippen molar-refractivity contribution in [1.29, 1.82) is 0 Å². The predicted octanol–water partition coefficient (Wildman–Crippen LogP) is 3.81. The Hall–Kier alpha value is -0.670. The van der Waals surface area contributed by atoms with Gasteiger partial charge in [0.1, 0.15) is 11.2 Å². The maximum Gasteiger partial charge on any atom is 0.126 e. The van der Waals surface area contributed by atoms with E-state index in [1.807, 2.05) is 6.92 Å². The van der Waals surface area contributed by atoms with Crippen LogP contribution in [0.25, 0.3) is 10.2 Å². The van der Waals surface area contributed by atoms with Crippen molar-refractivity contribution in [2.24, 2.45) is 0 Å². The maximum absolute atomic E-state index is 6.19. The highest BCUT2D eigenvalue weighted by Crippen LogP contribution is 2.31. The van der Waals surface area contributed by atoms with Crippen LogP contribution in [0, 0.1) is 0 Å². The molecule has 2 atom stereocenters. The third-order valence-corrected chi connectivity index (χ3v) is 3.76. The Balaban J connectivity index is 2.54. The van der Waals surface area contributed by atoms with Crippen molar-refractivity contribution in [3.63, 3.8) is 0 Å². The quantitative estimate of drug-likeness (QED) is 0.763. The lowest BCUT2D eigenvalue weighted by atomic mass is 9.97. The smallest absolute Gasteiger partial charge is 0.126 e. The summed E-state index contributed by atoms with van der Waals surface area (Å²) in [6, 6.07) is 2.08. The molecule has 2 aromatic heterocycles. The van der Waals surface area contributed by atoms with Gasteiger partial charge in [0.05, 0.1) is 5.69 Å². The normalized spacial score (nSPS) is 15.4. The van der Waals surface area contributed by atoms with E-state index >= 15 is 0 Å². The summed E-state index contributed by atoms with van der Waals surface area (Å²) in [6.07, 6.45) is 2.64. The minimum Gasteiger partial charge on any atom is -0.240 e. The van der Waals surface area contributed by atoms with E-state index in [9.17, 15) is 0 Å². The second-order valence-corrected chi connectivity index (χ2v) is 5.17. The number of thiophene rings is 1. The number of rotatable bonds is 3. The average molecular weight is 241 g/mol. The first-order valence-electron chi connectivity index (χ1n) is 5.06. The van der Waals surface area contributed by atoms with Gasteiger partial charge in [0.15, 0.2) is 0 Å². The molecular formula is C11H13ClN2S. The summed E-state index contributed by atoms with van der Waals surface area (Å²) in [7, 11) is 0. The number of hydrogen-bond donors (Lipinski definition) is 0. The standard InChI is InChI=1S/C11H13ClN2S/c1-3-8(7(2)12)10-9-4-5-15-11(9)14-6-13-10/h4-8H,3H2,1-2H3. The molecule has 0 N–H and O–H groups in total. The zero-order chi connectivity index (χ0) is 10.8. The Bertz CT molecular complexity index is 453. The van der Waals surface area contributed by atoms with Crippen LogP contribution in [0.5, 0.6) is 0 Å². The molecule has 4 heteroatoms. The van der Waals surface area contributed by atoms with Gasteiger partial charge in [0.25, 0.3) is 0 Å². The number of halogens is 1. The van der Waals surface area contributed by atoms with E-state index in [0.717, 1.165) is 22.3 Å². The van der Waals surface area contributed by atoms with Crippen molar-refractivity contribution in [3.05, 3.63) is 23.5 Å². The van der Waals surface area contributed by atoms with Gasteiger partial charge in [0, 0.05) is 16.7 Å². The molecule has 2 rings (SSSR count). The Kier molecular flexibility index (Phi) is 3.22. The fourth-order valence-corrected chi connectivity index (χ4v) is 2.88. The van der Waals surface area contributed by atoms with Gasteiger partial charge in [-0.05, 0) is 24.8 Å². The topological polar surface area (TPSA) is 25.8 Å². The number of aromatic nitrogens is 2. The molecule has 0 saturated heterocycles. The van der Waals surface area contributed by atoms with Gasteiger partial charge in [-0.15, -0.1) is 22.9 Å². The fourth-order valence-electron chi connectivity index (χ4n) is 1.84. The zero-order valence-electron chi connectivity index (χ0n) is 8.77. The lowest BCUT2D eigenvalue weighted by molar-refractivity contribution is 0.635. The van der Waals surface area contributed by atoms with Crippen LogP contribution in [-0.4, -0.2) is 15.3 Å². The molecule has 0 saturated carbocycles. The van der Waals surface area contributed by atoms with Crippen LogP contribution < -0.4 is 0 Å². The zero-order valence-corrected chi connectivity index (χ0v) is 10.3. The molecule has 0 aromatic carbocycles. The summed E-state index contributed by atoms with van der Waals surface area (Å²) in [5, 5.41) is 3.31. The molecule has 0 fully saturated rings. The highest BCUT2D eigenvalue weighted by molar-refractivity contribution is 7.16. The Labute approximate surface area is 98.3 Å². The molecule has 2 unspecified atom stereocenters. The summed E-state index contributed by atoms with van der Waals surface area (Å²) in [5.41, 5.74) is 1.09. The van der Waals surface area contributed by atoms with Crippen LogP contribution in [0.1, 0.15) is 31.9 Å². The van der Waals surface area contributed by atoms with E-state index in [4.69, 9.17) is 11.6 Å². The molecule has 15 heavy (non-hydrogen) atoms. The monoisotopic (exact) mass is 240 g/mol. The fraction of sp³-hybridized carbons (Fsp3) is 0.455. The lowest BCUT2D eigenvalue weighted by Gasteiger charge is -2.17. The molecule has 0 spiro atoms. The summed E-state index contributed by atoms with van der Waals surface area (Å²) in [6.45, 7) is 4.17. The molecule has 0 aliphatic carbocycles. The van der Waals surface area contributed by atoms with Crippen LogP contribution in [-0.2, 0) is 0 Å². The number of alkyl halides is 1. The van der Waals surface area contributed by atoms with Crippen molar-refractivity contribution < 1.29 is 0 Å².